The standard InChI is InChI=1S/C19H34O7/c1-7-12(8-2)26-17-15(22-5)13(18(20)24-9-3)11-14(16(17)23-6)19(21)25-10-4/h12-17H,7-11H2,1-6H3/t13-,14+,15-,16+,17?. The first-order valence-electron chi connectivity index (χ1n) is 9.53. The Kier molecular flexibility index (Phi) is 10.1. The smallest absolute Gasteiger partial charge is 0.311 e. The Balaban J connectivity index is 3.22. The second-order valence-corrected chi connectivity index (χ2v) is 6.39. The van der Waals surface area contributed by atoms with Gasteiger partial charge in [0.05, 0.1) is 43.4 Å². The highest BCUT2D eigenvalue weighted by Crippen LogP contribution is 2.37. The van der Waals surface area contributed by atoms with E-state index in [0.717, 1.165) is 12.8 Å². The van der Waals surface area contributed by atoms with Gasteiger partial charge in [-0.05, 0) is 33.1 Å². The van der Waals surface area contributed by atoms with Gasteiger partial charge in [-0.2, -0.15) is 0 Å². The average Bonchev–Trinajstić information content (AvgIpc) is 2.64. The van der Waals surface area contributed by atoms with Crippen molar-refractivity contribution in [1.82, 2.24) is 0 Å². The van der Waals surface area contributed by atoms with Crippen molar-refractivity contribution in [2.24, 2.45) is 11.8 Å². The van der Waals surface area contributed by atoms with Crippen molar-refractivity contribution < 1.29 is 33.3 Å². The van der Waals surface area contributed by atoms with Gasteiger partial charge in [0.15, 0.2) is 0 Å². The molecule has 7 heteroatoms. The number of methoxy groups -OCH3 is 2. The second-order valence-electron chi connectivity index (χ2n) is 6.39. The number of carbonyl (C=O) groups excluding carboxylic acids is 2. The van der Waals surface area contributed by atoms with Gasteiger partial charge in [-0.15, -0.1) is 0 Å². The van der Waals surface area contributed by atoms with Gasteiger partial charge in [0.2, 0.25) is 0 Å². The summed E-state index contributed by atoms with van der Waals surface area (Å²) >= 11 is 0. The van der Waals surface area contributed by atoms with Crippen molar-refractivity contribution in [3.63, 3.8) is 0 Å². The molecule has 1 rings (SSSR count). The van der Waals surface area contributed by atoms with Crippen LogP contribution >= 0.6 is 0 Å². The Morgan fingerprint density at radius 1 is 0.808 bits per heavy atom. The summed E-state index contributed by atoms with van der Waals surface area (Å²) in [6, 6.07) is 0. The molecule has 0 amide bonds. The van der Waals surface area contributed by atoms with Gasteiger partial charge in [0, 0.05) is 14.2 Å². The number of hydrogen-bond donors (Lipinski definition) is 0. The number of rotatable bonds is 10. The van der Waals surface area contributed by atoms with Crippen LogP contribution in [0.4, 0.5) is 0 Å². The number of carbonyl (C=O) groups is 2. The highest BCUT2D eigenvalue weighted by molar-refractivity contribution is 5.78. The molecule has 0 heterocycles. The van der Waals surface area contributed by atoms with Gasteiger partial charge < -0.3 is 23.7 Å². The molecular formula is C19H34O7. The van der Waals surface area contributed by atoms with Crippen molar-refractivity contribution in [3.8, 4) is 0 Å². The molecule has 0 saturated heterocycles. The van der Waals surface area contributed by atoms with E-state index in [1.165, 1.54) is 14.2 Å². The Labute approximate surface area is 156 Å². The van der Waals surface area contributed by atoms with Gasteiger partial charge in [-0.25, -0.2) is 0 Å². The Bertz CT molecular complexity index is 404. The summed E-state index contributed by atoms with van der Waals surface area (Å²) in [4.78, 5) is 25.0. The summed E-state index contributed by atoms with van der Waals surface area (Å²) in [5.74, 6) is -2.00. The number of esters is 2. The molecule has 1 aliphatic carbocycles. The zero-order chi connectivity index (χ0) is 19.7. The molecule has 0 bridgehead atoms. The maximum atomic E-state index is 12.5. The third-order valence-electron chi connectivity index (χ3n) is 4.93. The second kappa shape index (κ2) is 11.5. The first-order chi connectivity index (χ1) is 12.5. The Morgan fingerprint density at radius 3 is 1.54 bits per heavy atom. The van der Waals surface area contributed by atoms with Crippen LogP contribution in [0.1, 0.15) is 47.0 Å². The van der Waals surface area contributed by atoms with Crippen LogP contribution in [0.2, 0.25) is 0 Å². The third-order valence-corrected chi connectivity index (χ3v) is 4.93. The fourth-order valence-electron chi connectivity index (χ4n) is 3.60. The van der Waals surface area contributed by atoms with Gasteiger partial charge in [-0.1, -0.05) is 13.8 Å². The summed E-state index contributed by atoms with van der Waals surface area (Å²) in [6.45, 7) is 8.10. The highest BCUT2D eigenvalue weighted by atomic mass is 16.6. The van der Waals surface area contributed by atoms with Crippen molar-refractivity contribution in [2.75, 3.05) is 27.4 Å². The van der Waals surface area contributed by atoms with Crippen LogP contribution in [0, 0.1) is 11.8 Å². The summed E-state index contributed by atoms with van der Waals surface area (Å²) in [6.07, 6.45) is 0.196. The van der Waals surface area contributed by atoms with Crippen molar-refractivity contribution in [3.05, 3.63) is 0 Å². The first kappa shape index (κ1) is 22.9. The highest BCUT2D eigenvalue weighted by Gasteiger charge is 2.52. The van der Waals surface area contributed by atoms with E-state index in [2.05, 4.69) is 0 Å². The lowest BCUT2D eigenvalue weighted by Crippen LogP contribution is -2.58. The van der Waals surface area contributed by atoms with Crippen molar-refractivity contribution in [1.29, 1.82) is 0 Å². The maximum Gasteiger partial charge on any atom is 0.311 e. The normalized spacial score (nSPS) is 28.8. The lowest BCUT2D eigenvalue weighted by Gasteiger charge is -2.44. The van der Waals surface area contributed by atoms with Crippen LogP contribution in [-0.2, 0) is 33.3 Å². The van der Waals surface area contributed by atoms with Gasteiger partial charge in [0.1, 0.15) is 6.10 Å². The number of hydrogen-bond acceptors (Lipinski definition) is 7. The van der Waals surface area contributed by atoms with E-state index in [-0.39, 0.29) is 37.7 Å². The largest absolute Gasteiger partial charge is 0.466 e. The quantitative estimate of drug-likeness (QED) is 0.543. The number of ether oxygens (including phenoxy) is 5. The summed E-state index contributed by atoms with van der Waals surface area (Å²) < 4.78 is 27.9. The van der Waals surface area contributed by atoms with Crippen LogP contribution in [0.15, 0.2) is 0 Å². The zero-order valence-corrected chi connectivity index (χ0v) is 16.9. The first-order valence-corrected chi connectivity index (χ1v) is 9.53. The summed E-state index contributed by atoms with van der Waals surface area (Å²) in [5.41, 5.74) is 0. The fraction of sp³-hybridized carbons (Fsp3) is 0.895. The molecule has 0 N–H and O–H groups in total. The minimum atomic E-state index is -0.611. The minimum absolute atomic E-state index is 0.0147. The zero-order valence-electron chi connectivity index (χ0n) is 16.9. The average molecular weight is 374 g/mol. The molecule has 0 aromatic heterocycles. The molecule has 1 unspecified atom stereocenters. The molecular weight excluding hydrogens is 340 g/mol. The molecule has 5 atom stereocenters. The third kappa shape index (κ3) is 5.41. The predicted molar refractivity (Wildman–Crippen MR) is 95.7 cm³/mol. The van der Waals surface area contributed by atoms with E-state index >= 15 is 0 Å². The SMILES string of the molecule is CCOC(=O)[C@H]1C[C@@H](C(=O)OCC)[C@@H](OC)C(OC(CC)CC)[C@H]1OC. The summed E-state index contributed by atoms with van der Waals surface area (Å²) in [7, 11) is 3.08. The van der Waals surface area contributed by atoms with Crippen molar-refractivity contribution in [2.45, 2.75) is 71.4 Å². The lowest BCUT2D eigenvalue weighted by atomic mass is 9.75. The molecule has 26 heavy (non-hydrogen) atoms. The maximum absolute atomic E-state index is 12.5. The molecule has 0 aliphatic heterocycles. The molecule has 1 aliphatic rings. The van der Waals surface area contributed by atoms with Crippen molar-refractivity contribution >= 4 is 11.9 Å². The van der Waals surface area contributed by atoms with Crippen LogP contribution < -0.4 is 0 Å². The fourth-order valence-corrected chi connectivity index (χ4v) is 3.60. The van der Waals surface area contributed by atoms with E-state index < -0.39 is 30.1 Å². The van der Waals surface area contributed by atoms with Crippen LogP contribution in [-0.4, -0.2) is 63.8 Å². The molecule has 7 nitrogen and oxygen atoms in total. The van der Waals surface area contributed by atoms with Gasteiger partial charge >= 0.3 is 11.9 Å². The molecule has 1 fully saturated rings. The van der Waals surface area contributed by atoms with E-state index in [1.54, 1.807) is 13.8 Å². The van der Waals surface area contributed by atoms with E-state index in [1.807, 2.05) is 13.8 Å². The molecule has 0 radical (unpaired) electrons. The predicted octanol–water partition coefficient (Wildman–Crippen LogP) is 2.35. The molecule has 1 saturated carbocycles. The van der Waals surface area contributed by atoms with E-state index in [4.69, 9.17) is 23.7 Å². The van der Waals surface area contributed by atoms with E-state index in [0.29, 0.717) is 0 Å². The Morgan fingerprint density at radius 2 is 1.23 bits per heavy atom. The monoisotopic (exact) mass is 374 g/mol. The van der Waals surface area contributed by atoms with Gasteiger partial charge in [0.25, 0.3) is 0 Å². The minimum Gasteiger partial charge on any atom is -0.466 e. The van der Waals surface area contributed by atoms with Crippen LogP contribution in [0.5, 0.6) is 0 Å². The topological polar surface area (TPSA) is 80.3 Å². The summed E-state index contributed by atoms with van der Waals surface area (Å²) in [5, 5.41) is 0. The molecule has 152 valence electrons. The molecule has 0 aromatic carbocycles. The Hall–Kier alpha value is -1.18. The van der Waals surface area contributed by atoms with Crippen LogP contribution in [0.3, 0.4) is 0 Å². The molecule has 0 spiro atoms. The van der Waals surface area contributed by atoms with Crippen LogP contribution in [0.25, 0.3) is 0 Å². The van der Waals surface area contributed by atoms with Gasteiger partial charge in [-0.3, -0.25) is 9.59 Å². The molecule has 0 aromatic rings. The van der Waals surface area contributed by atoms with E-state index in [9.17, 15) is 9.59 Å². The lowest BCUT2D eigenvalue weighted by molar-refractivity contribution is -0.211.